The number of ether oxygens (including phenoxy) is 3. The van der Waals surface area contributed by atoms with Crippen LogP contribution in [0.1, 0.15) is 149 Å². The Morgan fingerprint density at radius 3 is 2.13 bits per heavy atom. The van der Waals surface area contributed by atoms with Gasteiger partial charge in [-0.15, -0.1) is 0 Å². The molecule has 1 aromatic carbocycles. The quantitative estimate of drug-likeness (QED) is 0.114. The van der Waals surface area contributed by atoms with E-state index in [1.807, 2.05) is 27.7 Å². The molecule has 298 valence electrons. The summed E-state index contributed by atoms with van der Waals surface area (Å²) in [5.74, 6) is 0.920. The first-order valence-electron chi connectivity index (χ1n) is 20.0. The van der Waals surface area contributed by atoms with Crippen LogP contribution in [0.15, 0.2) is 46.6 Å². The van der Waals surface area contributed by atoms with Crippen LogP contribution in [-0.4, -0.2) is 53.5 Å². The fourth-order valence-corrected chi connectivity index (χ4v) is 7.05. The van der Waals surface area contributed by atoms with Crippen molar-refractivity contribution in [3.63, 3.8) is 0 Å². The van der Waals surface area contributed by atoms with Gasteiger partial charge in [0.05, 0.1) is 24.9 Å². The van der Waals surface area contributed by atoms with Gasteiger partial charge in [-0.3, -0.25) is 4.79 Å². The van der Waals surface area contributed by atoms with E-state index in [-0.39, 0.29) is 35.7 Å². The smallest absolute Gasteiger partial charge is 0.333 e. The molecule has 0 saturated heterocycles. The molecular weight excluding hydrogens is 665 g/mol. The van der Waals surface area contributed by atoms with Gasteiger partial charge in [-0.2, -0.15) is 0 Å². The van der Waals surface area contributed by atoms with Crippen molar-refractivity contribution in [1.82, 2.24) is 5.32 Å². The minimum atomic E-state index is -0.419. The number of carbonyl (C=O) groups is 2. The number of amides is 1. The Morgan fingerprint density at radius 1 is 0.962 bits per heavy atom. The van der Waals surface area contributed by atoms with E-state index in [0.29, 0.717) is 24.4 Å². The number of hydrogen-bond acceptors (Lipinski definition) is 7. The van der Waals surface area contributed by atoms with Gasteiger partial charge in [-0.25, -0.2) is 4.79 Å². The third kappa shape index (κ3) is 14.4. The van der Waals surface area contributed by atoms with Crippen molar-refractivity contribution in [2.75, 3.05) is 6.61 Å². The van der Waals surface area contributed by atoms with Gasteiger partial charge in [0.15, 0.2) is 0 Å². The van der Waals surface area contributed by atoms with Crippen LogP contribution in [0.4, 0.5) is 0 Å². The Hall–Kier alpha value is -3.36. The van der Waals surface area contributed by atoms with E-state index in [2.05, 4.69) is 65.1 Å². The van der Waals surface area contributed by atoms with E-state index in [0.717, 1.165) is 80.2 Å². The third-order valence-electron chi connectivity index (χ3n) is 10.7. The van der Waals surface area contributed by atoms with Crippen LogP contribution >= 0.6 is 0 Å². The fourth-order valence-electron chi connectivity index (χ4n) is 7.05. The molecular formula is C45H72N2O6. The molecule has 4 N–H and O–H groups in total. The molecule has 1 aliphatic heterocycles. The first-order valence-corrected chi connectivity index (χ1v) is 20.0. The predicted molar refractivity (Wildman–Crippen MR) is 218 cm³/mol. The molecule has 0 unspecified atom stereocenters. The highest BCUT2D eigenvalue weighted by atomic mass is 16.5. The minimum absolute atomic E-state index is 0.0613. The van der Waals surface area contributed by atoms with Gasteiger partial charge in [0.2, 0.25) is 5.91 Å². The normalized spacial score (nSPS) is 21.5. The lowest BCUT2D eigenvalue weighted by Gasteiger charge is -2.38. The number of esters is 1. The summed E-state index contributed by atoms with van der Waals surface area (Å²) in [4.78, 5) is 23.4. The second-order valence-corrected chi connectivity index (χ2v) is 15.6. The van der Waals surface area contributed by atoms with Crippen LogP contribution in [0.3, 0.4) is 0 Å². The number of rotatable bonds is 16. The average Bonchev–Trinajstić information content (AvgIpc) is 3.09. The molecule has 1 amide bonds. The number of fused-ring (bicyclic) bond motifs is 1. The molecule has 0 fully saturated rings. The molecule has 0 spiro atoms. The van der Waals surface area contributed by atoms with E-state index in [1.165, 1.54) is 35.6 Å². The standard InChI is InChI=1S/C29H44O2.C16H28N2O4/c1-20(2)12-9-13-21(3)14-10-15-22(4)16-11-18-29(8)19-17-26-25(7)27(30)23(5)24(6)28(26)31-29;1-5-12(6-2)22-14-9-11(16(20)21-7-3)8-13(17)15(14)18-10(4)19/h12,14,16,30H,9-11,13,15,17-19H2,1-8H3;9,12-15H,5-8,17H2,1-4H3,(H,18,19)/b21-14+,22-16+;/t29-;13-,14+,15+/m10/s1. The van der Waals surface area contributed by atoms with Crippen LogP contribution in [0.5, 0.6) is 11.5 Å². The number of phenols is 1. The van der Waals surface area contributed by atoms with Crippen LogP contribution in [0, 0.1) is 20.8 Å². The van der Waals surface area contributed by atoms with E-state index >= 15 is 0 Å². The summed E-state index contributed by atoms with van der Waals surface area (Å²) in [6, 6.07) is -0.719. The first kappa shape index (κ1) is 45.8. The van der Waals surface area contributed by atoms with Crippen LogP contribution in [0.25, 0.3) is 0 Å². The molecule has 8 nitrogen and oxygen atoms in total. The Labute approximate surface area is 321 Å². The Bertz CT molecular complexity index is 1500. The third-order valence-corrected chi connectivity index (χ3v) is 10.7. The molecule has 2 aliphatic rings. The van der Waals surface area contributed by atoms with E-state index in [1.54, 1.807) is 13.0 Å². The number of nitrogens with two attached hydrogens (primary N) is 1. The molecule has 53 heavy (non-hydrogen) atoms. The molecule has 0 radical (unpaired) electrons. The molecule has 4 atom stereocenters. The molecule has 1 aliphatic carbocycles. The summed E-state index contributed by atoms with van der Waals surface area (Å²) in [5, 5.41) is 13.2. The second kappa shape index (κ2) is 22.1. The van der Waals surface area contributed by atoms with Gasteiger partial charge >= 0.3 is 5.97 Å². The molecule has 0 saturated carbocycles. The summed E-state index contributed by atoms with van der Waals surface area (Å²) in [6.45, 7) is 24.8. The van der Waals surface area contributed by atoms with Crippen molar-refractivity contribution < 1.29 is 28.9 Å². The monoisotopic (exact) mass is 737 g/mol. The molecule has 0 aromatic heterocycles. The van der Waals surface area contributed by atoms with Crippen molar-refractivity contribution in [2.24, 2.45) is 5.73 Å². The minimum Gasteiger partial charge on any atom is -0.507 e. The predicted octanol–water partition coefficient (Wildman–Crippen LogP) is 9.89. The topological polar surface area (TPSA) is 120 Å². The lowest BCUT2D eigenvalue weighted by molar-refractivity contribution is -0.139. The van der Waals surface area contributed by atoms with Gasteiger partial charge in [-0.05, 0) is 156 Å². The number of carbonyl (C=O) groups excluding carboxylic acids is 2. The number of aromatic hydroxyl groups is 1. The molecule has 0 bridgehead atoms. The lowest BCUT2D eigenvalue weighted by atomic mass is 9.85. The van der Waals surface area contributed by atoms with E-state index in [9.17, 15) is 14.7 Å². The molecule has 3 rings (SSSR count). The number of benzene rings is 1. The summed E-state index contributed by atoms with van der Waals surface area (Å²) < 4.78 is 17.7. The van der Waals surface area contributed by atoms with Gasteiger partial charge in [0.1, 0.15) is 17.1 Å². The number of phenolic OH excluding ortho intramolecular Hbond substituents is 1. The highest BCUT2D eigenvalue weighted by molar-refractivity contribution is 5.89. The van der Waals surface area contributed by atoms with Crippen molar-refractivity contribution in [1.29, 1.82) is 0 Å². The molecule has 8 heteroatoms. The zero-order chi connectivity index (χ0) is 39.9. The average molecular weight is 737 g/mol. The lowest BCUT2D eigenvalue weighted by Crippen LogP contribution is -2.57. The number of nitrogens with one attached hydrogen (secondary N) is 1. The van der Waals surface area contributed by atoms with Gasteiger partial charge < -0.3 is 30.4 Å². The van der Waals surface area contributed by atoms with Crippen molar-refractivity contribution >= 4 is 11.9 Å². The second-order valence-electron chi connectivity index (χ2n) is 15.6. The zero-order valence-electron chi connectivity index (χ0n) is 35.2. The maximum atomic E-state index is 12.0. The Kier molecular flexibility index (Phi) is 19.1. The fraction of sp³-hybridized carbons (Fsp3) is 0.644. The SMILES string of the molecule is CC(C)=CCC/C(C)=C/CC/C(C)=C/CC[C@]1(C)CCc2c(C)c(O)c(C)c(C)c2O1.CCOC(=O)C1=C[C@@H](OC(CC)CC)[C@H](NC(C)=O)[C@@H](N)C1. The van der Waals surface area contributed by atoms with E-state index in [4.69, 9.17) is 19.9 Å². The Morgan fingerprint density at radius 2 is 1.57 bits per heavy atom. The van der Waals surface area contributed by atoms with Gasteiger partial charge in [0, 0.05) is 24.1 Å². The number of allylic oxidation sites excluding steroid dienone is 6. The zero-order valence-corrected chi connectivity index (χ0v) is 35.2. The van der Waals surface area contributed by atoms with E-state index < -0.39 is 6.10 Å². The highest BCUT2D eigenvalue weighted by Gasteiger charge is 2.36. The highest BCUT2D eigenvalue weighted by Crippen LogP contribution is 2.44. The summed E-state index contributed by atoms with van der Waals surface area (Å²) >= 11 is 0. The summed E-state index contributed by atoms with van der Waals surface area (Å²) in [6.07, 6.45) is 19.2. The van der Waals surface area contributed by atoms with Crippen LogP contribution in [-0.2, 0) is 25.5 Å². The maximum absolute atomic E-state index is 12.0. The number of hydrogen-bond donors (Lipinski definition) is 3. The molecule has 1 heterocycles. The van der Waals surface area contributed by atoms with Crippen molar-refractivity contribution in [3.05, 3.63) is 68.9 Å². The summed E-state index contributed by atoms with van der Waals surface area (Å²) in [5.41, 5.74) is 15.1. The maximum Gasteiger partial charge on any atom is 0.333 e. The van der Waals surface area contributed by atoms with Crippen LogP contribution in [0.2, 0.25) is 0 Å². The van der Waals surface area contributed by atoms with Crippen molar-refractivity contribution in [3.8, 4) is 11.5 Å². The Balaban J connectivity index is 0.000000390. The first-order chi connectivity index (χ1) is 25.0. The van der Waals surface area contributed by atoms with Gasteiger partial charge in [-0.1, -0.05) is 48.8 Å². The largest absolute Gasteiger partial charge is 0.507 e. The summed E-state index contributed by atoms with van der Waals surface area (Å²) in [7, 11) is 0. The van der Waals surface area contributed by atoms with Crippen molar-refractivity contribution in [2.45, 2.75) is 184 Å². The van der Waals surface area contributed by atoms with Gasteiger partial charge in [0.25, 0.3) is 0 Å². The molecule has 1 aromatic rings. The van der Waals surface area contributed by atoms with Crippen LogP contribution < -0.4 is 15.8 Å².